The molecule has 0 atom stereocenters. The van der Waals surface area contributed by atoms with Crippen molar-refractivity contribution in [2.75, 3.05) is 27.4 Å². The molecule has 1 aromatic carbocycles. The van der Waals surface area contributed by atoms with Crippen molar-refractivity contribution in [2.45, 2.75) is 13.0 Å². The molecular weight excluding hydrogens is 266 g/mol. The second kappa shape index (κ2) is 8.67. The third-order valence-electron chi connectivity index (χ3n) is 2.61. The summed E-state index contributed by atoms with van der Waals surface area (Å²) < 4.78 is 15.5. The Balaban J connectivity index is 2.52. The predicted molar refractivity (Wildman–Crippen MR) is 77.0 cm³/mol. The summed E-state index contributed by atoms with van der Waals surface area (Å²) in [4.78, 5) is 0. The molecule has 0 saturated heterocycles. The van der Waals surface area contributed by atoms with Gasteiger partial charge in [-0.2, -0.15) is 0 Å². The van der Waals surface area contributed by atoms with Crippen molar-refractivity contribution in [2.24, 2.45) is 0 Å². The van der Waals surface area contributed by atoms with Gasteiger partial charge in [0.05, 0.1) is 32.1 Å². The molecule has 0 aliphatic rings. The maximum atomic E-state index is 6.27. The number of nitrogens with one attached hydrogen (secondary N) is 1. The minimum Gasteiger partial charge on any atom is -0.502 e. The van der Waals surface area contributed by atoms with Gasteiger partial charge in [-0.1, -0.05) is 24.2 Å². The molecule has 5 heteroatoms. The van der Waals surface area contributed by atoms with Gasteiger partial charge in [0.1, 0.15) is 0 Å². The van der Waals surface area contributed by atoms with Crippen LogP contribution in [0.2, 0.25) is 5.02 Å². The quantitative estimate of drug-likeness (QED) is 0.559. The minimum atomic E-state index is 0.568. The van der Waals surface area contributed by atoms with E-state index in [0.717, 1.165) is 18.5 Å². The van der Waals surface area contributed by atoms with E-state index in [0.29, 0.717) is 29.7 Å². The average molecular weight is 286 g/mol. The van der Waals surface area contributed by atoms with E-state index in [2.05, 4.69) is 11.9 Å². The Bertz CT molecular complexity index is 410. The standard InChI is InChI=1S/C14H20ClNO3/c1-4-19-9-5-8-16-10-11-6-7-12(17-2)14(18-3)13(11)15/h4,6-7,16H,1,5,8-10H2,2-3H3. The summed E-state index contributed by atoms with van der Waals surface area (Å²) in [5.74, 6) is 1.20. The third kappa shape index (κ3) is 4.65. The summed E-state index contributed by atoms with van der Waals surface area (Å²) in [6, 6.07) is 3.78. The van der Waals surface area contributed by atoms with Crippen molar-refractivity contribution in [3.63, 3.8) is 0 Å². The summed E-state index contributed by atoms with van der Waals surface area (Å²) in [5, 5.41) is 3.88. The van der Waals surface area contributed by atoms with Crippen LogP contribution >= 0.6 is 11.6 Å². The molecule has 0 radical (unpaired) electrons. The number of benzene rings is 1. The fourth-order valence-corrected chi connectivity index (χ4v) is 1.95. The van der Waals surface area contributed by atoms with Crippen LogP contribution in [0, 0.1) is 0 Å². The number of hydrogen-bond donors (Lipinski definition) is 1. The van der Waals surface area contributed by atoms with E-state index in [1.54, 1.807) is 14.2 Å². The topological polar surface area (TPSA) is 39.7 Å². The molecule has 106 valence electrons. The molecule has 0 heterocycles. The first-order chi connectivity index (χ1) is 9.24. The highest BCUT2D eigenvalue weighted by molar-refractivity contribution is 6.33. The number of hydrogen-bond acceptors (Lipinski definition) is 4. The molecule has 0 amide bonds. The maximum Gasteiger partial charge on any atom is 0.179 e. The second-order valence-corrected chi connectivity index (χ2v) is 4.22. The second-order valence-electron chi connectivity index (χ2n) is 3.84. The van der Waals surface area contributed by atoms with E-state index in [4.69, 9.17) is 25.8 Å². The first kappa shape index (κ1) is 15.7. The lowest BCUT2D eigenvalue weighted by Crippen LogP contribution is -2.16. The Kier molecular flexibility index (Phi) is 7.15. The van der Waals surface area contributed by atoms with Gasteiger partial charge in [-0.15, -0.1) is 0 Å². The molecule has 4 nitrogen and oxygen atoms in total. The molecule has 1 aromatic rings. The summed E-state index contributed by atoms with van der Waals surface area (Å²) in [7, 11) is 3.17. The Labute approximate surface area is 119 Å². The summed E-state index contributed by atoms with van der Waals surface area (Å²) in [6.07, 6.45) is 2.36. The Morgan fingerprint density at radius 1 is 1.32 bits per heavy atom. The van der Waals surface area contributed by atoms with Gasteiger partial charge in [0.15, 0.2) is 11.5 Å². The smallest absolute Gasteiger partial charge is 0.179 e. The van der Waals surface area contributed by atoms with Crippen molar-refractivity contribution in [3.05, 3.63) is 35.6 Å². The number of rotatable bonds is 9. The average Bonchev–Trinajstić information content (AvgIpc) is 2.43. The lowest BCUT2D eigenvalue weighted by Gasteiger charge is -2.13. The van der Waals surface area contributed by atoms with Crippen LogP contribution in [0.3, 0.4) is 0 Å². The molecule has 0 unspecified atom stereocenters. The van der Waals surface area contributed by atoms with Crippen LogP contribution in [0.4, 0.5) is 0 Å². The highest BCUT2D eigenvalue weighted by Gasteiger charge is 2.12. The van der Waals surface area contributed by atoms with Crippen LogP contribution < -0.4 is 14.8 Å². The minimum absolute atomic E-state index is 0.568. The van der Waals surface area contributed by atoms with Crippen molar-refractivity contribution >= 4 is 11.6 Å². The first-order valence-corrected chi connectivity index (χ1v) is 6.45. The van der Waals surface area contributed by atoms with Crippen LogP contribution in [0.5, 0.6) is 11.5 Å². The van der Waals surface area contributed by atoms with Crippen LogP contribution in [-0.2, 0) is 11.3 Å². The largest absolute Gasteiger partial charge is 0.502 e. The van der Waals surface area contributed by atoms with Crippen LogP contribution in [0.25, 0.3) is 0 Å². The lowest BCUT2D eigenvalue weighted by atomic mass is 10.2. The number of halogens is 1. The summed E-state index contributed by atoms with van der Waals surface area (Å²) in [5.41, 5.74) is 0.976. The molecule has 19 heavy (non-hydrogen) atoms. The molecule has 0 spiro atoms. The van der Waals surface area contributed by atoms with Gasteiger partial charge < -0.3 is 19.5 Å². The van der Waals surface area contributed by atoms with Gasteiger partial charge in [-0.05, 0) is 24.6 Å². The van der Waals surface area contributed by atoms with Gasteiger partial charge in [0.2, 0.25) is 0 Å². The summed E-state index contributed by atoms with van der Waals surface area (Å²) in [6.45, 7) is 5.67. The molecule has 0 aromatic heterocycles. The first-order valence-electron chi connectivity index (χ1n) is 6.07. The fourth-order valence-electron chi connectivity index (χ4n) is 1.65. The molecule has 0 fully saturated rings. The van der Waals surface area contributed by atoms with Gasteiger partial charge >= 0.3 is 0 Å². The van der Waals surface area contributed by atoms with E-state index in [9.17, 15) is 0 Å². The maximum absolute atomic E-state index is 6.27. The van der Waals surface area contributed by atoms with E-state index in [1.807, 2.05) is 12.1 Å². The molecular formula is C14H20ClNO3. The van der Waals surface area contributed by atoms with Crippen molar-refractivity contribution in [1.29, 1.82) is 0 Å². The Hall–Kier alpha value is -1.39. The van der Waals surface area contributed by atoms with Crippen LogP contribution in [0.15, 0.2) is 25.0 Å². The van der Waals surface area contributed by atoms with Gasteiger partial charge in [-0.3, -0.25) is 0 Å². The van der Waals surface area contributed by atoms with Gasteiger partial charge in [0, 0.05) is 6.54 Å². The van der Waals surface area contributed by atoms with Gasteiger partial charge in [-0.25, -0.2) is 0 Å². The van der Waals surface area contributed by atoms with E-state index < -0.39 is 0 Å². The zero-order valence-electron chi connectivity index (χ0n) is 11.4. The highest BCUT2D eigenvalue weighted by Crippen LogP contribution is 2.37. The molecule has 1 N–H and O–H groups in total. The predicted octanol–water partition coefficient (Wildman–Crippen LogP) is 3.00. The van der Waals surface area contributed by atoms with E-state index in [-0.39, 0.29) is 0 Å². The van der Waals surface area contributed by atoms with E-state index >= 15 is 0 Å². The Morgan fingerprint density at radius 2 is 2.11 bits per heavy atom. The van der Waals surface area contributed by atoms with Crippen LogP contribution in [-0.4, -0.2) is 27.4 Å². The number of ether oxygens (including phenoxy) is 3. The Morgan fingerprint density at radius 3 is 2.74 bits per heavy atom. The molecule has 1 rings (SSSR count). The van der Waals surface area contributed by atoms with Gasteiger partial charge in [0.25, 0.3) is 0 Å². The molecule has 0 aliphatic carbocycles. The lowest BCUT2D eigenvalue weighted by molar-refractivity contribution is 0.244. The monoisotopic (exact) mass is 285 g/mol. The highest BCUT2D eigenvalue weighted by atomic mass is 35.5. The zero-order valence-corrected chi connectivity index (χ0v) is 12.1. The van der Waals surface area contributed by atoms with Crippen molar-refractivity contribution in [1.82, 2.24) is 5.32 Å². The molecule has 0 bridgehead atoms. The van der Waals surface area contributed by atoms with E-state index in [1.165, 1.54) is 6.26 Å². The zero-order chi connectivity index (χ0) is 14.1. The van der Waals surface area contributed by atoms with Crippen molar-refractivity contribution < 1.29 is 14.2 Å². The normalized spacial score (nSPS) is 10.1. The van der Waals surface area contributed by atoms with Crippen LogP contribution in [0.1, 0.15) is 12.0 Å². The third-order valence-corrected chi connectivity index (χ3v) is 3.03. The van der Waals surface area contributed by atoms with Crippen molar-refractivity contribution in [3.8, 4) is 11.5 Å². The SMILES string of the molecule is C=COCCCNCc1ccc(OC)c(OC)c1Cl. The number of methoxy groups -OCH3 is 2. The molecule has 0 aliphatic heterocycles. The molecule has 0 saturated carbocycles. The summed E-state index contributed by atoms with van der Waals surface area (Å²) >= 11 is 6.27. The fraction of sp³-hybridized carbons (Fsp3) is 0.429.